The van der Waals surface area contributed by atoms with Crippen LogP contribution in [0.3, 0.4) is 0 Å². The molecule has 35 heavy (non-hydrogen) atoms. The maximum Gasteiger partial charge on any atom is 0.196 e. The highest BCUT2D eigenvalue weighted by molar-refractivity contribution is 7.97. The first-order valence-electron chi connectivity index (χ1n) is 12.6. The van der Waals surface area contributed by atoms with E-state index in [1.807, 2.05) is 24.3 Å². The molecular formula is C27H47N3O2S3. The zero-order valence-electron chi connectivity index (χ0n) is 22.5. The molecule has 2 rings (SSSR count). The molecule has 2 aromatic rings. The number of rotatable bonds is 12. The Kier molecular flexibility index (Phi) is 17.0. The summed E-state index contributed by atoms with van der Waals surface area (Å²) in [7, 11) is 0. The van der Waals surface area contributed by atoms with Crippen molar-refractivity contribution < 1.29 is 9.59 Å². The highest BCUT2D eigenvalue weighted by atomic mass is 32.1. The molecule has 0 fully saturated rings. The van der Waals surface area contributed by atoms with Gasteiger partial charge in [-0.1, -0.05) is 64.5 Å². The molecule has 1 heterocycles. The number of para-hydroxylation sites is 1. The topological polar surface area (TPSA) is 99.1 Å². The highest BCUT2D eigenvalue weighted by Gasteiger charge is 2.23. The van der Waals surface area contributed by atoms with Gasteiger partial charge in [0.05, 0.1) is 16.1 Å². The summed E-state index contributed by atoms with van der Waals surface area (Å²) < 4.78 is 0.994. The van der Waals surface area contributed by atoms with Gasteiger partial charge in [0.25, 0.3) is 0 Å². The van der Waals surface area contributed by atoms with Crippen molar-refractivity contribution in [2.24, 2.45) is 11.5 Å². The van der Waals surface area contributed by atoms with Crippen molar-refractivity contribution in [2.45, 2.75) is 116 Å². The van der Waals surface area contributed by atoms with E-state index in [1.165, 1.54) is 49.9 Å². The second kappa shape index (κ2) is 17.5. The van der Waals surface area contributed by atoms with Crippen LogP contribution < -0.4 is 11.5 Å². The molecule has 0 aliphatic carbocycles. The minimum atomic E-state index is -0.597. The monoisotopic (exact) mass is 541 g/mol. The second-order valence-electron chi connectivity index (χ2n) is 10.4. The van der Waals surface area contributed by atoms with Gasteiger partial charge < -0.3 is 11.5 Å². The molecule has 0 amide bonds. The first kappa shape index (κ1) is 34.1. The number of carbonyl (C=O) groups excluding carboxylic acids is 2. The van der Waals surface area contributed by atoms with Crippen molar-refractivity contribution >= 4 is 57.0 Å². The average Bonchev–Trinajstić information content (AvgIpc) is 3.15. The summed E-state index contributed by atoms with van der Waals surface area (Å²) >= 11 is 8.91. The summed E-state index contributed by atoms with van der Waals surface area (Å²) in [6, 6.07) is 7.59. The van der Waals surface area contributed by atoms with Gasteiger partial charge in [0.2, 0.25) is 0 Å². The first-order chi connectivity index (χ1) is 16.2. The van der Waals surface area contributed by atoms with E-state index in [1.54, 1.807) is 0 Å². The Bertz CT molecular complexity index is 817. The number of carbonyl (C=O) groups is 2. The fourth-order valence-electron chi connectivity index (χ4n) is 3.16. The normalized spacial score (nSPS) is 12.3. The van der Waals surface area contributed by atoms with E-state index in [0.717, 1.165) is 23.1 Å². The van der Waals surface area contributed by atoms with Gasteiger partial charge in [-0.25, -0.2) is 4.98 Å². The van der Waals surface area contributed by atoms with Crippen LogP contribution in [0.25, 0.3) is 10.2 Å². The molecule has 200 valence electrons. The molecule has 1 aromatic carbocycles. The number of aromatic nitrogens is 1. The van der Waals surface area contributed by atoms with Gasteiger partial charge in [-0.2, -0.15) is 0 Å². The van der Waals surface area contributed by atoms with Gasteiger partial charge in [0, 0.05) is 17.5 Å². The summed E-state index contributed by atoms with van der Waals surface area (Å²) in [5.74, 6) is -0.597. The lowest BCUT2D eigenvalue weighted by atomic mass is 9.98. The summed E-state index contributed by atoms with van der Waals surface area (Å²) in [5.41, 5.74) is 12.5. The van der Waals surface area contributed by atoms with E-state index in [2.05, 4.69) is 71.8 Å². The van der Waals surface area contributed by atoms with Gasteiger partial charge in [-0.3, -0.25) is 9.59 Å². The number of nitrogens with two attached hydrogens (primary N) is 2. The Morgan fingerprint density at radius 1 is 0.914 bits per heavy atom. The SMILES string of the molecule is CCCCCC(C)(C)N.CCCCCC(C)(C)N.O=C(S)CC(C(=O)S)c1nc2ccccc2s1. The van der Waals surface area contributed by atoms with Crippen LogP contribution in [-0.2, 0) is 9.59 Å². The van der Waals surface area contributed by atoms with Crippen molar-refractivity contribution in [1.29, 1.82) is 0 Å². The van der Waals surface area contributed by atoms with Crippen LogP contribution in [0.5, 0.6) is 0 Å². The van der Waals surface area contributed by atoms with Crippen LogP contribution in [0.15, 0.2) is 24.3 Å². The molecule has 1 aromatic heterocycles. The van der Waals surface area contributed by atoms with E-state index in [4.69, 9.17) is 11.5 Å². The summed E-state index contributed by atoms with van der Waals surface area (Å²) in [6.07, 6.45) is 10.1. The quantitative estimate of drug-likeness (QED) is 0.167. The molecule has 0 aliphatic heterocycles. The van der Waals surface area contributed by atoms with Gasteiger partial charge in [0.15, 0.2) is 10.2 Å². The predicted molar refractivity (Wildman–Crippen MR) is 160 cm³/mol. The average molecular weight is 542 g/mol. The second-order valence-corrected chi connectivity index (χ2v) is 12.4. The highest BCUT2D eigenvalue weighted by Crippen LogP contribution is 2.31. The zero-order valence-corrected chi connectivity index (χ0v) is 25.1. The standard InChI is InChI=1S/C11H9NO2S3.2C8H19N/c13-9(15)5-6(11(14)16)10-12-7-3-1-2-4-8(7)17-10;2*1-4-5-6-7-8(2,3)9/h1-4,6H,5H2,(H,13,15)(H,14,16);2*4-7,9H2,1-3H3. The lowest BCUT2D eigenvalue weighted by Crippen LogP contribution is -2.31. The number of fused-ring (bicyclic) bond motifs is 1. The number of thiazole rings is 1. The smallest absolute Gasteiger partial charge is 0.196 e. The van der Waals surface area contributed by atoms with E-state index < -0.39 is 5.92 Å². The Morgan fingerprint density at radius 3 is 1.77 bits per heavy atom. The Labute approximate surface area is 228 Å². The molecule has 4 N–H and O–H groups in total. The summed E-state index contributed by atoms with van der Waals surface area (Å²) in [6.45, 7) is 12.8. The van der Waals surface area contributed by atoms with E-state index in [9.17, 15) is 9.59 Å². The predicted octanol–water partition coefficient (Wildman–Crippen LogP) is 7.29. The number of hydrogen-bond donors (Lipinski definition) is 4. The minimum absolute atomic E-state index is 0.0330. The van der Waals surface area contributed by atoms with Crippen LogP contribution in [-0.4, -0.2) is 26.3 Å². The van der Waals surface area contributed by atoms with Gasteiger partial charge >= 0.3 is 0 Å². The van der Waals surface area contributed by atoms with Crippen LogP contribution in [0.1, 0.15) is 110 Å². The number of unbranched alkanes of at least 4 members (excludes halogenated alkanes) is 4. The molecule has 0 aliphatic rings. The Balaban J connectivity index is 0.000000549. The lowest BCUT2D eigenvalue weighted by Gasteiger charge is -2.17. The summed E-state index contributed by atoms with van der Waals surface area (Å²) in [4.78, 5) is 26.8. The Hall–Kier alpha value is -0.930. The molecule has 0 saturated heterocycles. The minimum Gasteiger partial charge on any atom is -0.326 e. The molecule has 8 heteroatoms. The van der Waals surface area contributed by atoms with Crippen LogP contribution in [0.2, 0.25) is 0 Å². The molecule has 0 spiro atoms. The number of thiol groups is 2. The lowest BCUT2D eigenvalue weighted by molar-refractivity contribution is -0.116. The molecule has 0 saturated carbocycles. The molecule has 1 unspecified atom stereocenters. The fourth-order valence-corrected chi connectivity index (χ4v) is 4.71. The molecule has 0 radical (unpaired) electrons. The summed E-state index contributed by atoms with van der Waals surface area (Å²) in [5, 5.41) is -0.0725. The molecule has 1 atom stereocenters. The van der Waals surface area contributed by atoms with E-state index >= 15 is 0 Å². The van der Waals surface area contributed by atoms with E-state index in [-0.39, 0.29) is 27.7 Å². The molecule has 5 nitrogen and oxygen atoms in total. The molecular weight excluding hydrogens is 495 g/mol. The van der Waals surface area contributed by atoms with Crippen LogP contribution in [0.4, 0.5) is 0 Å². The maximum absolute atomic E-state index is 11.4. The Morgan fingerprint density at radius 2 is 1.40 bits per heavy atom. The van der Waals surface area contributed by atoms with Crippen LogP contribution in [0, 0.1) is 0 Å². The fraction of sp³-hybridized carbons (Fsp3) is 0.667. The van der Waals surface area contributed by atoms with Crippen molar-refractivity contribution in [3.63, 3.8) is 0 Å². The van der Waals surface area contributed by atoms with Crippen molar-refractivity contribution in [2.75, 3.05) is 0 Å². The number of nitrogens with zero attached hydrogens (tertiary/aromatic N) is 1. The number of benzene rings is 1. The number of hydrogen-bond acceptors (Lipinski definition) is 6. The third kappa shape index (κ3) is 18.0. The van der Waals surface area contributed by atoms with Gasteiger partial charge in [-0.15, -0.1) is 36.6 Å². The zero-order chi connectivity index (χ0) is 27.1. The van der Waals surface area contributed by atoms with Crippen molar-refractivity contribution in [1.82, 2.24) is 4.98 Å². The third-order valence-corrected chi connectivity index (χ3v) is 6.78. The third-order valence-electron chi connectivity index (χ3n) is 5.13. The van der Waals surface area contributed by atoms with Gasteiger partial charge in [0.1, 0.15) is 5.01 Å². The van der Waals surface area contributed by atoms with Crippen LogP contribution >= 0.6 is 36.6 Å². The van der Waals surface area contributed by atoms with Crippen molar-refractivity contribution in [3.05, 3.63) is 29.3 Å². The first-order valence-corrected chi connectivity index (χ1v) is 14.3. The van der Waals surface area contributed by atoms with Gasteiger partial charge in [-0.05, 0) is 52.7 Å². The van der Waals surface area contributed by atoms with E-state index in [0.29, 0.717) is 5.01 Å². The van der Waals surface area contributed by atoms with Crippen molar-refractivity contribution in [3.8, 4) is 0 Å². The largest absolute Gasteiger partial charge is 0.326 e. The molecule has 0 bridgehead atoms. The maximum atomic E-state index is 11.4.